The van der Waals surface area contributed by atoms with Crippen molar-refractivity contribution >= 4 is 5.97 Å². The highest BCUT2D eigenvalue weighted by Gasteiger charge is 2.53. The monoisotopic (exact) mass is 281 g/mol. The van der Waals surface area contributed by atoms with Crippen LogP contribution in [0.5, 0.6) is 0 Å². The lowest BCUT2D eigenvalue weighted by atomic mass is 9.57. The number of nitrogens with one attached hydrogen (secondary N) is 1. The number of carbonyl (C=O) groups is 1. The number of rotatable bonds is 1. The maximum atomic E-state index is 12.6. The van der Waals surface area contributed by atoms with E-state index in [9.17, 15) is 4.79 Å². The Labute approximate surface area is 123 Å². The third kappa shape index (κ3) is 3.36. The Bertz CT molecular complexity index is 383. The predicted octanol–water partition coefficient (Wildman–Crippen LogP) is 3.38. The molecule has 0 aromatic heterocycles. The quantitative estimate of drug-likeness (QED) is 0.749. The summed E-state index contributed by atoms with van der Waals surface area (Å²) in [6, 6.07) is 0. The van der Waals surface area contributed by atoms with Gasteiger partial charge >= 0.3 is 5.97 Å². The molecule has 3 atom stereocenters. The molecule has 1 N–H and O–H groups in total. The zero-order valence-electron chi connectivity index (χ0n) is 14.0. The van der Waals surface area contributed by atoms with Gasteiger partial charge in [0.15, 0.2) is 0 Å². The third-order valence-electron chi connectivity index (χ3n) is 4.74. The first-order chi connectivity index (χ1) is 9.03. The number of ether oxygens (including phenoxy) is 1. The van der Waals surface area contributed by atoms with Gasteiger partial charge in [0.05, 0.1) is 5.92 Å². The summed E-state index contributed by atoms with van der Waals surface area (Å²) in [5, 5.41) is 3.46. The zero-order chi connectivity index (χ0) is 15.2. The minimum absolute atomic E-state index is 0.00704. The van der Waals surface area contributed by atoms with E-state index in [1.54, 1.807) is 0 Å². The van der Waals surface area contributed by atoms with Crippen LogP contribution in [0.15, 0.2) is 0 Å². The molecule has 20 heavy (non-hydrogen) atoms. The Morgan fingerprint density at radius 3 is 2.45 bits per heavy atom. The van der Waals surface area contributed by atoms with Gasteiger partial charge < -0.3 is 10.1 Å². The van der Waals surface area contributed by atoms with Crippen LogP contribution in [0.4, 0.5) is 0 Å². The summed E-state index contributed by atoms with van der Waals surface area (Å²) in [6.45, 7) is 14.6. The number of hydrogen-bond acceptors (Lipinski definition) is 3. The molecule has 0 radical (unpaired) electrons. The van der Waals surface area contributed by atoms with Crippen molar-refractivity contribution in [1.29, 1.82) is 0 Å². The molecular formula is C17H31NO2. The van der Waals surface area contributed by atoms with E-state index in [1.807, 2.05) is 20.8 Å². The largest absolute Gasteiger partial charge is 0.460 e. The van der Waals surface area contributed by atoms with Gasteiger partial charge in [0.25, 0.3) is 0 Å². The first-order valence-corrected chi connectivity index (χ1v) is 7.97. The van der Waals surface area contributed by atoms with Crippen molar-refractivity contribution in [3.05, 3.63) is 0 Å². The fourth-order valence-corrected chi connectivity index (χ4v) is 4.72. The Kier molecular flexibility index (Phi) is 3.96. The molecule has 0 aromatic rings. The summed E-state index contributed by atoms with van der Waals surface area (Å²) in [6.07, 6.45) is 3.53. The third-order valence-corrected chi connectivity index (χ3v) is 4.74. The van der Waals surface area contributed by atoms with Crippen LogP contribution in [0.3, 0.4) is 0 Å². The molecule has 3 unspecified atom stereocenters. The zero-order valence-corrected chi connectivity index (χ0v) is 14.0. The second-order valence-electron chi connectivity index (χ2n) is 8.93. The van der Waals surface area contributed by atoms with Crippen molar-refractivity contribution in [3.8, 4) is 0 Å². The summed E-state index contributed by atoms with van der Waals surface area (Å²) in [5.41, 5.74) is 0.0319. The van der Waals surface area contributed by atoms with Crippen molar-refractivity contribution in [1.82, 2.24) is 5.32 Å². The average Bonchev–Trinajstić information content (AvgIpc) is 2.54. The van der Waals surface area contributed by atoms with E-state index in [0.29, 0.717) is 11.3 Å². The highest BCUT2D eigenvalue weighted by molar-refractivity contribution is 5.74. The molecule has 1 saturated heterocycles. The molecule has 0 amide bonds. The molecule has 1 aliphatic carbocycles. The van der Waals surface area contributed by atoms with Crippen LogP contribution in [0.1, 0.15) is 60.8 Å². The molecule has 2 fully saturated rings. The summed E-state index contributed by atoms with van der Waals surface area (Å²) in [4.78, 5) is 12.6. The maximum Gasteiger partial charge on any atom is 0.311 e. The van der Waals surface area contributed by atoms with Gasteiger partial charge in [0, 0.05) is 13.1 Å². The van der Waals surface area contributed by atoms with Crippen LogP contribution in [0, 0.1) is 22.7 Å². The predicted molar refractivity (Wildman–Crippen MR) is 81.4 cm³/mol. The highest BCUT2D eigenvalue weighted by Crippen LogP contribution is 2.54. The molecule has 3 nitrogen and oxygen atoms in total. The fourth-order valence-electron chi connectivity index (χ4n) is 4.72. The second kappa shape index (κ2) is 5.01. The van der Waals surface area contributed by atoms with E-state index in [-0.39, 0.29) is 17.3 Å². The van der Waals surface area contributed by atoms with E-state index in [2.05, 4.69) is 26.1 Å². The van der Waals surface area contributed by atoms with Gasteiger partial charge in [-0.05, 0) is 56.8 Å². The van der Waals surface area contributed by atoms with Gasteiger partial charge in [-0.3, -0.25) is 4.79 Å². The average molecular weight is 281 g/mol. The molecule has 3 heteroatoms. The van der Waals surface area contributed by atoms with E-state index in [0.717, 1.165) is 25.9 Å². The summed E-state index contributed by atoms with van der Waals surface area (Å²) >= 11 is 0. The smallest absolute Gasteiger partial charge is 0.311 e. The van der Waals surface area contributed by atoms with E-state index in [1.165, 1.54) is 6.42 Å². The normalized spacial score (nSPS) is 37.1. The van der Waals surface area contributed by atoms with Crippen LogP contribution < -0.4 is 5.32 Å². The molecule has 2 rings (SSSR count). The van der Waals surface area contributed by atoms with Gasteiger partial charge in [0.1, 0.15) is 5.60 Å². The van der Waals surface area contributed by atoms with Crippen molar-refractivity contribution in [2.75, 3.05) is 13.1 Å². The van der Waals surface area contributed by atoms with Crippen molar-refractivity contribution in [3.63, 3.8) is 0 Å². The standard InChI is InChI=1S/C17H31NO2/c1-12-7-16(5,6)10-17(8-12)11-18-9-13(17)14(19)20-15(2,3)4/h12-13,18H,7-11H2,1-6H3. The van der Waals surface area contributed by atoms with Gasteiger partial charge in [-0.25, -0.2) is 0 Å². The Morgan fingerprint density at radius 1 is 1.25 bits per heavy atom. The lowest BCUT2D eigenvalue weighted by molar-refractivity contribution is -0.165. The summed E-state index contributed by atoms with van der Waals surface area (Å²) in [5.74, 6) is 0.694. The van der Waals surface area contributed by atoms with Gasteiger partial charge in [-0.1, -0.05) is 20.8 Å². The lowest BCUT2D eigenvalue weighted by Gasteiger charge is -2.48. The Hall–Kier alpha value is -0.570. The van der Waals surface area contributed by atoms with Gasteiger partial charge in [-0.2, -0.15) is 0 Å². The molecular weight excluding hydrogens is 250 g/mol. The summed E-state index contributed by atoms with van der Waals surface area (Å²) < 4.78 is 5.67. The molecule has 0 bridgehead atoms. The van der Waals surface area contributed by atoms with Crippen LogP contribution in [-0.4, -0.2) is 24.7 Å². The highest BCUT2D eigenvalue weighted by atomic mass is 16.6. The molecule has 2 aliphatic rings. The van der Waals surface area contributed by atoms with Crippen LogP contribution in [-0.2, 0) is 9.53 Å². The van der Waals surface area contributed by atoms with E-state index >= 15 is 0 Å². The Morgan fingerprint density at radius 2 is 1.90 bits per heavy atom. The van der Waals surface area contributed by atoms with E-state index in [4.69, 9.17) is 4.74 Å². The maximum absolute atomic E-state index is 12.6. The number of esters is 1. The molecule has 1 spiro atoms. The van der Waals surface area contributed by atoms with Gasteiger partial charge in [-0.15, -0.1) is 0 Å². The molecule has 116 valence electrons. The van der Waals surface area contributed by atoms with Crippen LogP contribution >= 0.6 is 0 Å². The minimum Gasteiger partial charge on any atom is -0.460 e. The second-order valence-corrected chi connectivity index (χ2v) is 8.93. The van der Waals surface area contributed by atoms with Crippen LogP contribution in [0.2, 0.25) is 0 Å². The fraction of sp³-hybridized carbons (Fsp3) is 0.941. The van der Waals surface area contributed by atoms with Crippen LogP contribution in [0.25, 0.3) is 0 Å². The topological polar surface area (TPSA) is 38.3 Å². The SMILES string of the molecule is CC1CC(C)(C)CC2(CNCC2C(=O)OC(C)(C)C)C1. The van der Waals surface area contributed by atoms with Crippen molar-refractivity contribution < 1.29 is 9.53 Å². The first kappa shape index (κ1) is 15.8. The molecule has 1 heterocycles. The van der Waals surface area contributed by atoms with Crippen molar-refractivity contribution in [2.45, 2.75) is 66.4 Å². The molecule has 1 aliphatic heterocycles. The summed E-state index contributed by atoms with van der Waals surface area (Å²) in [7, 11) is 0. The van der Waals surface area contributed by atoms with Gasteiger partial charge in [0.2, 0.25) is 0 Å². The number of carbonyl (C=O) groups excluding carboxylic acids is 1. The molecule has 0 aromatic carbocycles. The van der Waals surface area contributed by atoms with E-state index < -0.39 is 5.60 Å². The molecule has 1 saturated carbocycles. The Balaban J connectivity index is 2.19. The lowest BCUT2D eigenvalue weighted by Crippen LogP contribution is -2.45. The number of hydrogen-bond donors (Lipinski definition) is 1. The first-order valence-electron chi connectivity index (χ1n) is 7.97. The van der Waals surface area contributed by atoms with Crippen molar-refractivity contribution in [2.24, 2.45) is 22.7 Å². The minimum atomic E-state index is -0.392.